The number of morpholine rings is 1. The van der Waals surface area contributed by atoms with Crippen LogP contribution in [0.25, 0.3) is 0 Å². The number of nitrogens with one attached hydrogen (secondary N) is 1. The lowest BCUT2D eigenvalue weighted by atomic mass is 10.3. The number of aliphatic carboxylic acids is 1. The molecule has 0 aromatic carbocycles. The number of hydrogen-bond acceptors (Lipinski definition) is 4. The van der Waals surface area contributed by atoms with Crippen molar-refractivity contribution < 1.29 is 24.2 Å². The molecule has 0 atom stereocenters. The normalized spacial score (nSPS) is 14.4. The summed E-state index contributed by atoms with van der Waals surface area (Å²) in [5.74, 6) is -1.15. The summed E-state index contributed by atoms with van der Waals surface area (Å²) in [4.78, 5) is 37.1. The number of carbonyl (C=O) groups is 3. The molecular weight excluding hydrogens is 278 g/mol. The minimum absolute atomic E-state index is 0.0490. The molecule has 1 aliphatic heterocycles. The van der Waals surface area contributed by atoms with Gasteiger partial charge in [-0.05, 0) is 0 Å². The summed E-state index contributed by atoms with van der Waals surface area (Å²) in [7, 11) is 0. The number of amides is 3. The maximum atomic E-state index is 11.8. The van der Waals surface area contributed by atoms with Crippen molar-refractivity contribution in [3.05, 3.63) is 12.7 Å². The first-order valence-electron chi connectivity index (χ1n) is 6.75. The third kappa shape index (κ3) is 6.26. The van der Waals surface area contributed by atoms with E-state index in [9.17, 15) is 14.4 Å². The van der Waals surface area contributed by atoms with Crippen molar-refractivity contribution in [2.45, 2.75) is 6.42 Å². The molecule has 1 aliphatic rings. The van der Waals surface area contributed by atoms with E-state index in [2.05, 4.69) is 11.9 Å². The van der Waals surface area contributed by atoms with E-state index >= 15 is 0 Å². The Morgan fingerprint density at radius 1 is 1.33 bits per heavy atom. The number of carbonyl (C=O) groups excluding carboxylic acids is 2. The summed E-state index contributed by atoms with van der Waals surface area (Å²) in [6.07, 6.45) is 1.63. The molecule has 8 heteroatoms. The van der Waals surface area contributed by atoms with E-state index < -0.39 is 18.5 Å². The van der Waals surface area contributed by atoms with Crippen molar-refractivity contribution >= 4 is 17.9 Å². The molecule has 21 heavy (non-hydrogen) atoms. The van der Waals surface area contributed by atoms with Gasteiger partial charge in [0.1, 0.15) is 6.54 Å². The van der Waals surface area contributed by atoms with Gasteiger partial charge in [0.25, 0.3) is 0 Å². The fraction of sp³-hybridized carbons (Fsp3) is 0.615. The van der Waals surface area contributed by atoms with Gasteiger partial charge in [0.15, 0.2) is 0 Å². The lowest BCUT2D eigenvalue weighted by molar-refractivity contribution is -0.137. The van der Waals surface area contributed by atoms with Crippen LogP contribution in [0.5, 0.6) is 0 Å². The van der Waals surface area contributed by atoms with Crippen LogP contribution in [-0.2, 0) is 14.3 Å². The summed E-state index contributed by atoms with van der Waals surface area (Å²) in [6, 6.07) is -0.521. The van der Waals surface area contributed by atoms with E-state index in [0.29, 0.717) is 26.3 Å². The Hall–Kier alpha value is -2.09. The van der Waals surface area contributed by atoms with Crippen LogP contribution >= 0.6 is 0 Å². The van der Waals surface area contributed by atoms with Gasteiger partial charge in [-0.3, -0.25) is 9.59 Å². The number of ether oxygens (including phenoxy) is 1. The second-order valence-corrected chi connectivity index (χ2v) is 4.54. The molecule has 0 radical (unpaired) electrons. The summed E-state index contributed by atoms with van der Waals surface area (Å²) in [6.45, 7) is 5.56. The zero-order valence-electron chi connectivity index (χ0n) is 11.9. The van der Waals surface area contributed by atoms with E-state index in [1.807, 2.05) is 0 Å². The second-order valence-electron chi connectivity index (χ2n) is 4.54. The summed E-state index contributed by atoms with van der Waals surface area (Å²) < 4.78 is 5.15. The molecule has 1 heterocycles. The number of carboxylic acid groups (broad SMARTS) is 1. The minimum atomic E-state index is -1.10. The maximum absolute atomic E-state index is 11.8. The van der Waals surface area contributed by atoms with Crippen LogP contribution in [0.3, 0.4) is 0 Å². The molecule has 0 unspecified atom stereocenters. The van der Waals surface area contributed by atoms with Gasteiger partial charge >= 0.3 is 12.0 Å². The minimum Gasteiger partial charge on any atom is -0.480 e. The van der Waals surface area contributed by atoms with Crippen LogP contribution in [0.2, 0.25) is 0 Å². The first kappa shape index (κ1) is 17.0. The molecule has 0 spiro atoms. The Morgan fingerprint density at radius 3 is 2.57 bits per heavy atom. The highest BCUT2D eigenvalue weighted by Crippen LogP contribution is 1.99. The van der Waals surface area contributed by atoms with Crippen LogP contribution in [0, 0.1) is 0 Å². The number of carboxylic acids is 1. The van der Waals surface area contributed by atoms with Crippen molar-refractivity contribution in [3.8, 4) is 0 Å². The molecule has 0 saturated carbocycles. The standard InChI is InChI=1S/C13H21N3O5/c1-2-5-16(10-12(18)19)13(20)14-4-3-11(17)15-6-8-21-9-7-15/h2H,1,3-10H2,(H,14,20)(H,18,19). The van der Waals surface area contributed by atoms with E-state index in [0.717, 1.165) is 4.90 Å². The fourth-order valence-electron chi connectivity index (χ4n) is 1.90. The molecule has 1 saturated heterocycles. The monoisotopic (exact) mass is 299 g/mol. The highest BCUT2D eigenvalue weighted by Gasteiger charge is 2.18. The number of nitrogens with zero attached hydrogens (tertiary/aromatic N) is 2. The Kier molecular flexibility index (Phi) is 7.24. The largest absolute Gasteiger partial charge is 0.480 e. The zero-order valence-corrected chi connectivity index (χ0v) is 11.9. The molecule has 0 aromatic heterocycles. The molecule has 0 bridgehead atoms. The van der Waals surface area contributed by atoms with Gasteiger partial charge in [0.05, 0.1) is 13.2 Å². The first-order valence-corrected chi connectivity index (χ1v) is 6.75. The lowest BCUT2D eigenvalue weighted by Gasteiger charge is -2.27. The number of rotatable bonds is 7. The fourth-order valence-corrected chi connectivity index (χ4v) is 1.90. The molecule has 0 aliphatic carbocycles. The first-order chi connectivity index (χ1) is 10.0. The van der Waals surface area contributed by atoms with Gasteiger partial charge in [-0.25, -0.2) is 4.79 Å². The third-order valence-electron chi connectivity index (χ3n) is 2.94. The van der Waals surface area contributed by atoms with E-state index in [1.54, 1.807) is 4.90 Å². The molecule has 1 rings (SSSR count). The average molecular weight is 299 g/mol. The lowest BCUT2D eigenvalue weighted by Crippen LogP contribution is -2.45. The second kappa shape index (κ2) is 8.96. The molecule has 2 N–H and O–H groups in total. The van der Waals surface area contributed by atoms with E-state index in [-0.39, 0.29) is 25.4 Å². The number of urea groups is 1. The number of hydrogen-bond donors (Lipinski definition) is 2. The van der Waals surface area contributed by atoms with Crippen LogP contribution in [0.15, 0.2) is 12.7 Å². The molecular formula is C13H21N3O5. The molecule has 0 aromatic rings. The van der Waals surface area contributed by atoms with Crippen molar-refractivity contribution in [2.75, 3.05) is 45.9 Å². The van der Waals surface area contributed by atoms with Crippen molar-refractivity contribution in [3.63, 3.8) is 0 Å². The highest BCUT2D eigenvalue weighted by molar-refractivity contribution is 5.81. The molecule has 3 amide bonds. The Bertz CT molecular complexity index is 393. The average Bonchev–Trinajstić information content (AvgIpc) is 2.47. The van der Waals surface area contributed by atoms with Crippen molar-refractivity contribution in [1.82, 2.24) is 15.1 Å². The van der Waals surface area contributed by atoms with Gasteiger partial charge in [-0.2, -0.15) is 0 Å². The van der Waals surface area contributed by atoms with Crippen LogP contribution < -0.4 is 5.32 Å². The Labute approximate surface area is 123 Å². The van der Waals surface area contributed by atoms with Crippen LogP contribution in [-0.4, -0.2) is 78.8 Å². The van der Waals surface area contributed by atoms with Gasteiger partial charge in [0.2, 0.25) is 5.91 Å². The van der Waals surface area contributed by atoms with Crippen LogP contribution in [0.4, 0.5) is 4.79 Å². The predicted molar refractivity (Wildman–Crippen MR) is 74.8 cm³/mol. The van der Waals surface area contributed by atoms with Gasteiger partial charge in [0, 0.05) is 32.6 Å². The van der Waals surface area contributed by atoms with Gasteiger partial charge < -0.3 is 25.0 Å². The van der Waals surface area contributed by atoms with Crippen molar-refractivity contribution in [2.24, 2.45) is 0 Å². The van der Waals surface area contributed by atoms with Crippen molar-refractivity contribution in [1.29, 1.82) is 0 Å². The van der Waals surface area contributed by atoms with Gasteiger partial charge in [-0.1, -0.05) is 6.08 Å². The highest BCUT2D eigenvalue weighted by atomic mass is 16.5. The Balaban J connectivity index is 2.31. The Morgan fingerprint density at radius 2 is 2.00 bits per heavy atom. The summed E-state index contributed by atoms with van der Waals surface area (Å²) in [5.41, 5.74) is 0. The van der Waals surface area contributed by atoms with E-state index in [4.69, 9.17) is 9.84 Å². The molecule has 118 valence electrons. The third-order valence-corrected chi connectivity index (χ3v) is 2.94. The SMILES string of the molecule is C=CCN(CC(=O)O)C(=O)NCCC(=O)N1CCOCC1. The van der Waals surface area contributed by atoms with Crippen LogP contribution in [0.1, 0.15) is 6.42 Å². The summed E-state index contributed by atoms with van der Waals surface area (Å²) >= 11 is 0. The smallest absolute Gasteiger partial charge is 0.323 e. The predicted octanol–water partition coefficient (Wildman–Crippen LogP) is -0.482. The maximum Gasteiger partial charge on any atom is 0.323 e. The molecule has 8 nitrogen and oxygen atoms in total. The zero-order chi connectivity index (χ0) is 15.7. The van der Waals surface area contributed by atoms with E-state index in [1.165, 1.54) is 6.08 Å². The molecule has 1 fully saturated rings. The van der Waals surface area contributed by atoms with Gasteiger partial charge in [-0.15, -0.1) is 6.58 Å². The summed E-state index contributed by atoms with van der Waals surface area (Å²) in [5, 5.41) is 11.3. The topological polar surface area (TPSA) is 99.2 Å². The quantitative estimate of drug-likeness (QED) is 0.618.